The number of fused-ring (bicyclic) bond motifs is 1. The van der Waals surface area contributed by atoms with Gasteiger partial charge in [-0.05, 0) is 19.4 Å². The van der Waals surface area contributed by atoms with Crippen molar-refractivity contribution < 1.29 is 23.9 Å². The molecule has 0 radical (unpaired) electrons. The minimum Gasteiger partial charge on any atom is -0.545 e. The largest absolute Gasteiger partial charge is 0.545 e. The van der Waals surface area contributed by atoms with Gasteiger partial charge in [-0.1, -0.05) is 24.9 Å². The highest BCUT2D eigenvalue weighted by atomic mass is 35.5. The number of hydrogen-bond acceptors (Lipinski definition) is 5. The zero-order chi connectivity index (χ0) is 19.8. The Labute approximate surface area is 165 Å². The Morgan fingerprint density at radius 3 is 2.67 bits per heavy atom. The van der Waals surface area contributed by atoms with Gasteiger partial charge in [-0.25, -0.2) is 0 Å². The third kappa shape index (κ3) is 3.83. The van der Waals surface area contributed by atoms with Crippen LogP contribution >= 0.6 is 11.6 Å². The van der Waals surface area contributed by atoms with E-state index in [4.69, 9.17) is 26.8 Å². The summed E-state index contributed by atoms with van der Waals surface area (Å²) in [6.07, 6.45) is 4.52. The van der Waals surface area contributed by atoms with Crippen LogP contribution in [-0.4, -0.2) is 49.3 Å². The van der Waals surface area contributed by atoms with Crippen molar-refractivity contribution in [3.63, 3.8) is 0 Å². The molecular weight excluding hydrogens is 368 g/mol. The van der Waals surface area contributed by atoms with Crippen molar-refractivity contribution in [2.75, 3.05) is 39.0 Å². The number of rotatable bonds is 5. The number of carbonyl (C=O) groups excluding carboxylic acids is 1. The Morgan fingerprint density at radius 2 is 2.07 bits per heavy atom. The number of quaternary nitrogens is 1. The maximum Gasteiger partial charge on any atom is 0.187 e. The average Bonchev–Trinajstić information content (AvgIpc) is 2.63. The second-order valence-corrected chi connectivity index (χ2v) is 8.79. The van der Waals surface area contributed by atoms with E-state index < -0.39 is 11.6 Å². The van der Waals surface area contributed by atoms with Crippen molar-refractivity contribution in [1.82, 2.24) is 0 Å². The molecule has 2 aliphatic rings. The van der Waals surface area contributed by atoms with E-state index in [-0.39, 0.29) is 34.4 Å². The number of carboxylic acid groups (broad SMARTS) is 1. The first-order valence-corrected chi connectivity index (χ1v) is 10.1. The number of halogens is 1. The van der Waals surface area contributed by atoms with Crippen molar-refractivity contribution in [2.24, 2.45) is 5.92 Å². The second kappa shape index (κ2) is 7.40. The van der Waals surface area contributed by atoms with Crippen molar-refractivity contribution in [2.45, 2.75) is 45.1 Å². The van der Waals surface area contributed by atoms with Crippen molar-refractivity contribution >= 4 is 23.3 Å². The standard InChI is InChI=1S/C20H29ClN2O4/c1-4-5-8-23(3)9-6-13(7-10-23)20(2)12-26-17-14(19(24)25)11-15(21)16(22)18(17)27-20/h11,13H,4-10,12,22H2,1-3H3. The van der Waals surface area contributed by atoms with Gasteiger partial charge in [-0.15, -0.1) is 0 Å². The summed E-state index contributed by atoms with van der Waals surface area (Å²) in [5.41, 5.74) is 5.59. The van der Waals surface area contributed by atoms with Crippen LogP contribution in [0.15, 0.2) is 6.07 Å². The molecule has 1 unspecified atom stereocenters. The van der Waals surface area contributed by atoms with Crippen LogP contribution in [0.3, 0.4) is 0 Å². The summed E-state index contributed by atoms with van der Waals surface area (Å²) >= 11 is 6.11. The van der Waals surface area contributed by atoms with Gasteiger partial charge in [-0.2, -0.15) is 0 Å². The molecule has 0 bridgehead atoms. The summed E-state index contributed by atoms with van der Waals surface area (Å²) in [4.78, 5) is 11.4. The molecule has 0 spiro atoms. The van der Waals surface area contributed by atoms with E-state index in [1.165, 1.54) is 25.5 Å². The fourth-order valence-electron chi connectivity index (χ4n) is 4.26. The second-order valence-electron chi connectivity index (χ2n) is 8.39. The molecule has 1 atom stereocenters. The summed E-state index contributed by atoms with van der Waals surface area (Å²) in [5.74, 6) is -0.705. The number of carbonyl (C=O) groups is 1. The summed E-state index contributed by atoms with van der Waals surface area (Å²) in [6, 6.07) is 1.26. The predicted molar refractivity (Wildman–Crippen MR) is 103 cm³/mol. The topological polar surface area (TPSA) is 84.6 Å². The number of unbranched alkanes of at least 4 members (excludes halogenated alkanes) is 1. The molecule has 1 fully saturated rings. The van der Waals surface area contributed by atoms with Gasteiger partial charge in [-0.3, -0.25) is 0 Å². The SMILES string of the molecule is CCCC[N+]1(C)CCC(C2(C)COc3c(C(=O)[O-])cc(Cl)c(N)c3O2)CC1. The lowest BCUT2D eigenvalue weighted by molar-refractivity contribution is -0.915. The molecule has 0 aliphatic carbocycles. The minimum absolute atomic E-state index is 0.119. The highest BCUT2D eigenvalue weighted by Crippen LogP contribution is 2.48. The Hall–Kier alpha value is -1.66. The van der Waals surface area contributed by atoms with Crippen LogP contribution in [0.2, 0.25) is 5.02 Å². The fraction of sp³-hybridized carbons (Fsp3) is 0.650. The van der Waals surface area contributed by atoms with Crippen LogP contribution in [0.25, 0.3) is 0 Å². The van der Waals surface area contributed by atoms with Crippen LogP contribution in [0, 0.1) is 5.92 Å². The normalized spacial score (nSPS) is 30.1. The zero-order valence-electron chi connectivity index (χ0n) is 16.3. The van der Waals surface area contributed by atoms with E-state index in [9.17, 15) is 9.90 Å². The van der Waals surface area contributed by atoms with E-state index in [0.29, 0.717) is 5.92 Å². The number of nitrogens with zero attached hydrogens (tertiary/aromatic N) is 1. The first-order valence-electron chi connectivity index (χ1n) is 9.68. The summed E-state index contributed by atoms with van der Waals surface area (Å²) in [5, 5.41) is 11.5. The molecule has 1 aromatic rings. The number of ether oxygens (including phenoxy) is 2. The van der Waals surface area contributed by atoms with Gasteiger partial charge < -0.3 is 29.6 Å². The Kier molecular flexibility index (Phi) is 5.50. The molecule has 27 heavy (non-hydrogen) atoms. The summed E-state index contributed by atoms with van der Waals surface area (Å²) < 4.78 is 13.2. The smallest absolute Gasteiger partial charge is 0.187 e. The maximum absolute atomic E-state index is 11.4. The van der Waals surface area contributed by atoms with Gasteiger partial charge in [0.15, 0.2) is 11.5 Å². The molecule has 0 amide bonds. The lowest BCUT2D eigenvalue weighted by atomic mass is 9.80. The molecule has 3 rings (SSSR count). The molecular formula is C20H29ClN2O4. The monoisotopic (exact) mass is 396 g/mol. The predicted octanol–water partition coefficient (Wildman–Crippen LogP) is 2.47. The van der Waals surface area contributed by atoms with Crippen molar-refractivity contribution in [1.29, 1.82) is 0 Å². The van der Waals surface area contributed by atoms with Crippen LogP contribution in [0.1, 0.15) is 49.9 Å². The number of nitrogen functional groups attached to an aromatic ring is 1. The Bertz CT molecular complexity index is 731. The molecule has 2 heterocycles. The van der Waals surface area contributed by atoms with E-state index >= 15 is 0 Å². The molecule has 150 valence electrons. The molecule has 2 N–H and O–H groups in total. The van der Waals surface area contributed by atoms with Gasteiger partial charge in [0.05, 0.1) is 43.4 Å². The molecule has 0 saturated carbocycles. The van der Waals surface area contributed by atoms with Crippen LogP contribution in [0.4, 0.5) is 5.69 Å². The zero-order valence-corrected chi connectivity index (χ0v) is 17.1. The van der Waals surface area contributed by atoms with Gasteiger partial charge in [0.1, 0.15) is 12.2 Å². The molecule has 1 saturated heterocycles. The number of piperidine rings is 1. The molecule has 1 aromatic carbocycles. The van der Waals surface area contributed by atoms with E-state index in [0.717, 1.165) is 30.4 Å². The van der Waals surface area contributed by atoms with Crippen molar-refractivity contribution in [3.8, 4) is 11.5 Å². The number of hydrogen-bond donors (Lipinski definition) is 1. The quantitative estimate of drug-likeness (QED) is 0.610. The third-order valence-electron chi connectivity index (χ3n) is 6.23. The maximum atomic E-state index is 11.4. The highest BCUT2D eigenvalue weighted by molar-refractivity contribution is 6.34. The van der Waals surface area contributed by atoms with Crippen LogP contribution in [0.5, 0.6) is 11.5 Å². The third-order valence-corrected chi connectivity index (χ3v) is 6.54. The number of carboxylic acids is 1. The van der Waals surface area contributed by atoms with Crippen LogP contribution in [-0.2, 0) is 0 Å². The molecule has 0 aromatic heterocycles. The van der Waals surface area contributed by atoms with Gasteiger partial charge in [0.25, 0.3) is 0 Å². The Balaban J connectivity index is 1.80. The number of benzene rings is 1. The first-order chi connectivity index (χ1) is 12.7. The summed E-state index contributed by atoms with van der Waals surface area (Å²) in [6.45, 7) is 7.93. The van der Waals surface area contributed by atoms with E-state index in [2.05, 4.69) is 14.0 Å². The fourth-order valence-corrected chi connectivity index (χ4v) is 4.46. The number of aromatic carboxylic acids is 1. The van der Waals surface area contributed by atoms with Crippen LogP contribution < -0.4 is 20.3 Å². The van der Waals surface area contributed by atoms with Gasteiger partial charge in [0, 0.05) is 24.3 Å². The van der Waals surface area contributed by atoms with Crippen molar-refractivity contribution in [3.05, 3.63) is 16.7 Å². The number of anilines is 1. The highest BCUT2D eigenvalue weighted by Gasteiger charge is 2.46. The van der Waals surface area contributed by atoms with E-state index in [1.807, 2.05) is 6.92 Å². The lowest BCUT2D eigenvalue weighted by Gasteiger charge is -2.47. The average molecular weight is 397 g/mol. The number of nitrogens with two attached hydrogens (primary N) is 1. The van der Waals surface area contributed by atoms with Gasteiger partial charge in [0.2, 0.25) is 0 Å². The molecule has 2 aliphatic heterocycles. The molecule has 7 heteroatoms. The van der Waals surface area contributed by atoms with Gasteiger partial charge >= 0.3 is 0 Å². The first kappa shape index (κ1) is 20.1. The Morgan fingerprint density at radius 1 is 1.41 bits per heavy atom. The summed E-state index contributed by atoms with van der Waals surface area (Å²) in [7, 11) is 2.33. The van der Waals surface area contributed by atoms with E-state index in [1.54, 1.807) is 0 Å². The molecule has 6 nitrogen and oxygen atoms in total. The number of likely N-dealkylation sites (tertiary alicyclic amines) is 1. The minimum atomic E-state index is -1.36. The lowest BCUT2D eigenvalue weighted by Crippen LogP contribution is -2.57.